The van der Waals surface area contributed by atoms with E-state index in [4.69, 9.17) is 0 Å². The van der Waals surface area contributed by atoms with Crippen LogP contribution >= 0.6 is 0 Å². The first-order valence-corrected chi connectivity index (χ1v) is 3.53. The van der Waals surface area contributed by atoms with Crippen molar-refractivity contribution in [3.05, 3.63) is 12.2 Å². The van der Waals surface area contributed by atoms with Crippen molar-refractivity contribution in [3.8, 4) is 0 Å². The van der Waals surface area contributed by atoms with Crippen LogP contribution in [0.2, 0.25) is 0 Å². The average molecular weight is 128 g/mol. The molecule has 0 aromatic rings. The molecule has 0 aliphatic heterocycles. The zero-order valence-corrected chi connectivity index (χ0v) is 6.46. The Morgan fingerprint density at radius 3 is 2.44 bits per heavy atom. The lowest BCUT2D eigenvalue weighted by Crippen LogP contribution is -2.12. The highest BCUT2D eigenvalue weighted by atomic mass is 16.3. The van der Waals surface area contributed by atoms with Gasteiger partial charge in [0.15, 0.2) is 0 Å². The van der Waals surface area contributed by atoms with Gasteiger partial charge in [0.25, 0.3) is 0 Å². The summed E-state index contributed by atoms with van der Waals surface area (Å²) in [6.07, 6.45) is 4.50. The highest BCUT2D eigenvalue weighted by molar-refractivity contribution is 4.87. The van der Waals surface area contributed by atoms with Gasteiger partial charge in [0.05, 0.1) is 6.10 Å². The van der Waals surface area contributed by atoms with Gasteiger partial charge in [0.1, 0.15) is 0 Å². The molecule has 0 aliphatic rings. The Balaban J connectivity index is 3.58. The molecular formula is C8H16O. The van der Waals surface area contributed by atoms with E-state index in [0.717, 1.165) is 6.42 Å². The molecule has 0 fully saturated rings. The van der Waals surface area contributed by atoms with Gasteiger partial charge in [-0.3, -0.25) is 0 Å². The van der Waals surface area contributed by atoms with Gasteiger partial charge in [-0.25, -0.2) is 0 Å². The molecule has 0 saturated heterocycles. The number of hydrogen-bond acceptors (Lipinski definition) is 1. The van der Waals surface area contributed by atoms with Crippen molar-refractivity contribution >= 4 is 0 Å². The quantitative estimate of drug-likeness (QED) is 0.576. The Kier molecular flexibility index (Phi) is 4.41. The van der Waals surface area contributed by atoms with Crippen molar-refractivity contribution in [2.45, 2.75) is 33.3 Å². The van der Waals surface area contributed by atoms with Crippen LogP contribution in [0.1, 0.15) is 27.2 Å². The van der Waals surface area contributed by atoms with E-state index in [1.807, 2.05) is 26.0 Å². The van der Waals surface area contributed by atoms with Gasteiger partial charge in [0.2, 0.25) is 0 Å². The number of aliphatic hydroxyl groups excluding tert-OH is 1. The second-order valence-corrected chi connectivity index (χ2v) is 2.40. The number of aliphatic hydroxyl groups is 1. The number of allylic oxidation sites excluding steroid dienone is 1. The molecule has 0 aliphatic carbocycles. The maximum absolute atomic E-state index is 9.23. The van der Waals surface area contributed by atoms with Crippen molar-refractivity contribution in [1.82, 2.24) is 0 Å². The summed E-state index contributed by atoms with van der Waals surface area (Å²) < 4.78 is 0. The fourth-order valence-corrected chi connectivity index (χ4v) is 0.628. The van der Waals surface area contributed by atoms with E-state index in [1.165, 1.54) is 0 Å². The smallest absolute Gasteiger partial charge is 0.0746 e. The first-order chi connectivity index (χ1) is 4.22. The third kappa shape index (κ3) is 3.31. The van der Waals surface area contributed by atoms with E-state index in [-0.39, 0.29) is 6.10 Å². The lowest BCUT2D eigenvalue weighted by molar-refractivity contribution is 0.160. The van der Waals surface area contributed by atoms with Gasteiger partial charge in [0, 0.05) is 0 Å². The summed E-state index contributed by atoms with van der Waals surface area (Å²) in [7, 11) is 0. The van der Waals surface area contributed by atoms with E-state index in [1.54, 1.807) is 0 Å². The second kappa shape index (κ2) is 4.57. The molecular weight excluding hydrogens is 112 g/mol. The lowest BCUT2D eigenvalue weighted by atomic mass is 10.0. The zero-order chi connectivity index (χ0) is 7.28. The van der Waals surface area contributed by atoms with Gasteiger partial charge in [-0.15, -0.1) is 0 Å². The minimum Gasteiger partial charge on any atom is -0.389 e. The molecule has 2 unspecified atom stereocenters. The second-order valence-electron chi connectivity index (χ2n) is 2.40. The van der Waals surface area contributed by atoms with Crippen LogP contribution < -0.4 is 0 Å². The fourth-order valence-electron chi connectivity index (χ4n) is 0.628. The first-order valence-electron chi connectivity index (χ1n) is 3.53. The normalized spacial score (nSPS) is 18.2. The van der Waals surface area contributed by atoms with Crippen LogP contribution in [0, 0.1) is 5.92 Å². The summed E-state index contributed by atoms with van der Waals surface area (Å²) >= 11 is 0. The monoisotopic (exact) mass is 128 g/mol. The number of rotatable bonds is 3. The summed E-state index contributed by atoms with van der Waals surface area (Å²) in [4.78, 5) is 0. The molecule has 1 N–H and O–H groups in total. The summed E-state index contributed by atoms with van der Waals surface area (Å²) in [6.45, 7) is 6.05. The highest BCUT2D eigenvalue weighted by Crippen LogP contribution is 2.07. The Morgan fingerprint density at radius 1 is 1.56 bits per heavy atom. The van der Waals surface area contributed by atoms with Crippen LogP contribution in [0.3, 0.4) is 0 Å². The Bertz CT molecular complexity index is 86.6. The highest BCUT2D eigenvalue weighted by Gasteiger charge is 2.06. The van der Waals surface area contributed by atoms with Crippen molar-refractivity contribution in [3.63, 3.8) is 0 Å². The molecule has 0 radical (unpaired) electrons. The molecule has 1 nitrogen and oxygen atoms in total. The van der Waals surface area contributed by atoms with Crippen molar-refractivity contribution in [2.75, 3.05) is 0 Å². The van der Waals surface area contributed by atoms with Gasteiger partial charge in [-0.1, -0.05) is 32.4 Å². The standard InChI is InChI=1S/C8H16O/c1-4-6-8(9)7(3)5-2/h4,6-9H,5H2,1-3H3/b6-4+. The minimum atomic E-state index is -0.250. The number of hydrogen-bond donors (Lipinski definition) is 1. The SMILES string of the molecule is C/C=C/C(O)C(C)CC. The van der Waals surface area contributed by atoms with E-state index >= 15 is 0 Å². The van der Waals surface area contributed by atoms with E-state index < -0.39 is 0 Å². The molecule has 0 saturated carbocycles. The van der Waals surface area contributed by atoms with Gasteiger partial charge < -0.3 is 5.11 Å². The van der Waals surface area contributed by atoms with Crippen LogP contribution in [-0.2, 0) is 0 Å². The van der Waals surface area contributed by atoms with Crippen LogP contribution in [0.25, 0.3) is 0 Å². The molecule has 0 aromatic heterocycles. The summed E-state index contributed by atoms with van der Waals surface area (Å²) in [5.74, 6) is 0.390. The predicted molar refractivity (Wildman–Crippen MR) is 40.3 cm³/mol. The van der Waals surface area contributed by atoms with Crippen molar-refractivity contribution in [1.29, 1.82) is 0 Å². The summed E-state index contributed by atoms with van der Waals surface area (Å²) in [5, 5.41) is 9.23. The molecule has 0 amide bonds. The van der Waals surface area contributed by atoms with Crippen LogP contribution in [0.5, 0.6) is 0 Å². The molecule has 2 atom stereocenters. The fraction of sp³-hybridized carbons (Fsp3) is 0.750. The molecule has 0 rings (SSSR count). The average Bonchev–Trinajstić information content (AvgIpc) is 1.87. The molecule has 0 heterocycles. The first kappa shape index (κ1) is 8.70. The molecule has 0 aromatic carbocycles. The third-order valence-corrected chi connectivity index (χ3v) is 1.62. The van der Waals surface area contributed by atoms with E-state index in [2.05, 4.69) is 6.92 Å². The Labute approximate surface area is 57.4 Å². The predicted octanol–water partition coefficient (Wildman–Crippen LogP) is 1.97. The zero-order valence-electron chi connectivity index (χ0n) is 6.46. The van der Waals surface area contributed by atoms with Gasteiger partial charge in [-0.05, 0) is 12.8 Å². The Morgan fingerprint density at radius 2 is 2.11 bits per heavy atom. The molecule has 0 bridgehead atoms. The van der Waals surface area contributed by atoms with Crippen LogP contribution in [0.4, 0.5) is 0 Å². The minimum absolute atomic E-state index is 0.250. The molecule has 54 valence electrons. The third-order valence-electron chi connectivity index (χ3n) is 1.62. The van der Waals surface area contributed by atoms with E-state index in [9.17, 15) is 5.11 Å². The van der Waals surface area contributed by atoms with Gasteiger partial charge in [-0.2, -0.15) is 0 Å². The van der Waals surface area contributed by atoms with Crippen molar-refractivity contribution in [2.24, 2.45) is 5.92 Å². The topological polar surface area (TPSA) is 20.2 Å². The summed E-state index contributed by atoms with van der Waals surface area (Å²) in [6, 6.07) is 0. The van der Waals surface area contributed by atoms with E-state index in [0.29, 0.717) is 5.92 Å². The molecule has 0 spiro atoms. The van der Waals surface area contributed by atoms with Crippen LogP contribution in [-0.4, -0.2) is 11.2 Å². The molecule has 9 heavy (non-hydrogen) atoms. The summed E-state index contributed by atoms with van der Waals surface area (Å²) in [5.41, 5.74) is 0. The van der Waals surface area contributed by atoms with Crippen LogP contribution in [0.15, 0.2) is 12.2 Å². The largest absolute Gasteiger partial charge is 0.389 e. The van der Waals surface area contributed by atoms with Crippen molar-refractivity contribution < 1.29 is 5.11 Å². The molecule has 1 heteroatoms. The maximum Gasteiger partial charge on any atom is 0.0746 e. The van der Waals surface area contributed by atoms with Gasteiger partial charge >= 0.3 is 0 Å². The lowest BCUT2D eigenvalue weighted by Gasteiger charge is -2.11. The Hall–Kier alpha value is -0.300. The maximum atomic E-state index is 9.23.